The van der Waals surface area contributed by atoms with Crippen molar-refractivity contribution in [2.75, 3.05) is 14.1 Å². The molecule has 2 heteroatoms. The normalized spacial score (nSPS) is 11.6. The molecule has 0 aliphatic heterocycles. The highest BCUT2D eigenvalue weighted by atomic mass is 15.1. The van der Waals surface area contributed by atoms with Gasteiger partial charge in [-0.3, -0.25) is 0 Å². The van der Waals surface area contributed by atoms with Crippen LogP contribution in [0, 0.1) is 0 Å². The molecule has 0 aromatic carbocycles. The second-order valence-corrected chi connectivity index (χ2v) is 1.61. The van der Waals surface area contributed by atoms with Gasteiger partial charge < -0.3 is 10.6 Å². The molecule has 42 valence electrons. The zero-order valence-corrected chi connectivity index (χ0v) is 5.10. The lowest BCUT2D eigenvalue weighted by Crippen LogP contribution is -2.17. The van der Waals surface area contributed by atoms with Crippen molar-refractivity contribution in [3.63, 3.8) is 0 Å². The lowest BCUT2D eigenvalue weighted by atomic mass is 10.6. The molecule has 2 nitrogen and oxygen atoms in total. The SMILES string of the molecule is C/C=C(/N)N(C)C. The van der Waals surface area contributed by atoms with Crippen LogP contribution < -0.4 is 5.73 Å². The molecule has 0 aliphatic rings. The Morgan fingerprint density at radius 2 is 2.00 bits per heavy atom. The molecule has 0 aromatic rings. The summed E-state index contributed by atoms with van der Waals surface area (Å²) >= 11 is 0. The molecule has 0 aliphatic carbocycles. The first-order valence-corrected chi connectivity index (χ1v) is 2.27. The first kappa shape index (κ1) is 6.34. The fourth-order valence-corrected chi connectivity index (χ4v) is 0.258. The van der Waals surface area contributed by atoms with E-state index in [9.17, 15) is 0 Å². The van der Waals surface area contributed by atoms with E-state index in [0.29, 0.717) is 0 Å². The Bertz CT molecular complexity index is 74.1. The third kappa shape index (κ3) is 2.09. The highest BCUT2D eigenvalue weighted by Gasteiger charge is 1.83. The molecule has 0 saturated heterocycles. The Kier molecular flexibility index (Phi) is 2.27. The summed E-state index contributed by atoms with van der Waals surface area (Å²) in [6, 6.07) is 0. The zero-order valence-electron chi connectivity index (χ0n) is 5.10. The van der Waals surface area contributed by atoms with Crippen molar-refractivity contribution in [2.45, 2.75) is 6.92 Å². The molecular weight excluding hydrogens is 88.1 g/mol. The molecule has 7 heavy (non-hydrogen) atoms. The van der Waals surface area contributed by atoms with Gasteiger partial charge in [-0.25, -0.2) is 0 Å². The Hall–Kier alpha value is -0.660. The van der Waals surface area contributed by atoms with Crippen molar-refractivity contribution in [3.05, 3.63) is 11.9 Å². The summed E-state index contributed by atoms with van der Waals surface area (Å²) in [5.74, 6) is 0.806. The lowest BCUT2D eigenvalue weighted by molar-refractivity contribution is 0.504. The first-order chi connectivity index (χ1) is 3.18. The van der Waals surface area contributed by atoms with Gasteiger partial charge in [-0.2, -0.15) is 0 Å². The fraction of sp³-hybridized carbons (Fsp3) is 0.600. The fourth-order valence-electron chi connectivity index (χ4n) is 0.258. The molecule has 0 unspecified atom stereocenters. The van der Waals surface area contributed by atoms with Gasteiger partial charge in [0.05, 0.1) is 5.82 Å². The van der Waals surface area contributed by atoms with Crippen LogP contribution in [0.3, 0.4) is 0 Å². The van der Waals surface area contributed by atoms with Crippen molar-refractivity contribution in [1.82, 2.24) is 4.90 Å². The second-order valence-electron chi connectivity index (χ2n) is 1.61. The standard InChI is InChI=1S/C5H12N2/c1-4-5(6)7(2)3/h4H,6H2,1-3H3/b5-4-. The summed E-state index contributed by atoms with van der Waals surface area (Å²) in [6.45, 7) is 1.91. The van der Waals surface area contributed by atoms with Crippen LogP contribution in [0.4, 0.5) is 0 Å². The van der Waals surface area contributed by atoms with E-state index in [0.717, 1.165) is 5.82 Å². The van der Waals surface area contributed by atoms with Crippen molar-refractivity contribution in [1.29, 1.82) is 0 Å². The maximum absolute atomic E-state index is 5.40. The van der Waals surface area contributed by atoms with E-state index in [2.05, 4.69) is 0 Å². The average molecular weight is 100 g/mol. The molecule has 2 N–H and O–H groups in total. The van der Waals surface area contributed by atoms with Crippen molar-refractivity contribution in [3.8, 4) is 0 Å². The second kappa shape index (κ2) is 2.50. The summed E-state index contributed by atoms with van der Waals surface area (Å²) in [6.07, 6.45) is 1.86. The minimum absolute atomic E-state index is 0.806. The zero-order chi connectivity index (χ0) is 5.86. The predicted molar refractivity (Wildman–Crippen MR) is 31.6 cm³/mol. The number of nitrogens with zero attached hydrogens (tertiary/aromatic N) is 1. The van der Waals surface area contributed by atoms with Gasteiger partial charge in [-0.15, -0.1) is 0 Å². The van der Waals surface area contributed by atoms with Crippen LogP contribution in [0.2, 0.25) is 0 Å². The van der Waals surface area contributed by atoms with Gasteiger partial charge in [0.15, 0.2) is 0 Å². The Morgan fingerprint density at radius 3 is 2.00 bits per heavy atom. The summed E-state index contributed by atoms with van der Waals surface area (Å²) in [5, 5.41) is 0. The molecule has 0 radical (unpaired) electrons. The van der Waals surface area contributed by atoms with E-state index in [1.165, 1.54) is 0 Å². The van der Waals surface area contributed by atoms with E-state index in [4.69, 9.17) is 5.73 Å². The van der Waals surface area contributed by atoms with Gasteiger partial charge >= 0.3 is 0 Å². The first-order valence-electron chi connectivity index (χ1n) is 2.27. The number of allylic oxidation sites excluding steroid dienone is 1. The largest absolute Gasteiger partial charge is 0.386 e. The molecule has 0 aromatic heterocycles. The predicted octanol–water partition coefficient (Wildman–Crippen LogP) is 0.368. The van der Waals surface area contributed by atoms with Gasteiger partial charge in [0.1, 0.15) is 0 Å². The molecule has 0 bridgehead atoms. The maximum Gasteiger partial charge on any atom is 0.0937 e. The summed E-state index contributed by atoms with van der Waals surface area (Å²) in [5.41, 5.74) is 5.40. The molecule has 0 amide bonds. The van der Waals surface area contributed by atoms with E-state index < -0.39 is 0 Å². The summed E-state index contributed by atoms with van der Waals surface area (Å²) in [7, 11) is 3.82. The molecule has 0 spiro atoms. The highest BCUT2D eigenvalue weighted by Crippen LogP contribution is 1.83. The van der Waals surface area contributed by atoms with Crippen molar-refractivity contribution >= 4 is 0 Å². The van der Waals surface area contributed by atoms with Crippen LogP contribution in [0.15, 0.2) is 11.9 Å². The molecule has 0 rings (SSSR count). The van der Waals surface area contributed by atoms with Gasteiger partial charge in [0.2, 0.25) is 0 Å². The molecule has 0 saturated carbocycles. The average Bonchev–Trinajstić information content (AvgIpc) is 1.65. The third-order valence-electron chi connectivity index (χ3n) is 0.812. The van der Waals surface area contributed by atoms with Crippen LogP contribution in [0.5, 0.6) is 0 Å². The van der Waals surface area contributed by atoms with Gasteiger partial charge in [0.25, 0.3) is 0 Å². The van der Waals surface area contributed by atoms with Crippen LogP contribution in [0.25, 0.3) is 0 Å². The number of hydrogen-bond donors (Lipinski definition) is 1. The third-order valence-corrected chi connectivity index (χ3v) is 0.812. The number of rotatable bonds is 1. The van der Waals surface area contributed by atoms with E-state index in [-0.39, 0.29) is 0 Å². The van der Waals surface area contributed by atoms with E-state index in [1.807, 2.05) is 32.0 Å². The number of nitrogens with two attached hydrogens (primary N) is 1. The molecular formula is C5H12N2. The van der Waals surface area contributed by atoms with Gasteiger partial charge in [-0.1, -0.05) is 0 Å². The van der Waals surface area contributed by atoms with Crippen molar-refractivity contribution in [2.24, 2.45) is 5.73 Å². The Morgan fingerprint density at radius 1 is 1.57 bits per heavy atom. The van der Waals surface area contributed by atoms with Crippen LogP contribution >= 0.6 is 0 Å². The van der Waals surface area contributed by atoms with Crippen LogP contribution in [0.1, 0.15) is 6.92 Å². The lowest BCUT2D eigenvalue weighted by Gasteiger charge is -2.09. The van der Waals surface area contributed by atoms with Crippen LogP contribution in [-0.4, -0.2) is 19.0 Å². The van der Waals surface area contributed by atoms with Crippen molar-refractivity contribution < 1.29 is 0 Å². The maximum atomic E-state index is 5.40. The topological polar surface area (TPSA) is 29.3 Å². The molecule has 0 atom stereocenters. The van der Waals surface area contributed by atoms with Crippen LogP contribution in [-0.2, 0) is 0 Å². The summed E-state index contributed by atoms with van der Waals surface area (Å²) in [4.78, 5) is 1.86. The van der Waals surface area contributed by atoms with Gasteiger partial charge in [-0.05, 0) is 13.0 Å². The van der Waals surface area contributed by atoms with E-state index >= 15 is 0 Å². The minimum Gasteiger partial charge on any atom is -0.386 e. The van der Waals surface area contributed by atoms with Gasteiger partial charge in [0, 0.05) is 14.1 Å². The smallest absolute Gasteiger partial charge is 0.0937 e. The quantitative estimate of drug-likeness (QED) is 0.515. The molecule has 0 heterocycles. The Balaban J connectivity index is 3.56. The minimum atomic E-state index is 0.806. The Labute approximate surface area is 44.6 Å². The summed E-state index contributed by atoms with van der Waals surface area (Å²) < 4.78 is 0. The highest BCUT2D eigenvalue weighted by molar-refractivity contribution is 4.89. The molecule has 0 fully saturated rings. The monoisotopic (exact) mass is 100 g/mol. The van der Waals surface area contributed by atoms with E-state index in [1.54, 1.807) is 0 Å². The number of hydrogen-bond acceptors (Lipinski definition) is 2.